The Morgan fingerprint density at radius 2 is 1.50 bits per heavy atom. The number of fused-ring (bicyclic) bond motifs is 1. The Bertz CT molecular complexity index is 1830. The van der Waals surface area contributed by atoms with E-state index in [0.717, 1.165) is 34.9 Å². The maximum Gasteiger partial charge on any atom is 0.328 e. The summed E-state index contributed by atoms with van der Waals surface area (Å²) in [6.45, 7) is 0.772. The first-order chi connectivity index (χ1) is 22.5. The van der Waals surface area contributed by atoms with Gasteiger partial charge in [-0.25, -0.2) is 4.79 Å². The lowest BCUT2D eigenvalue weighted by molar-refractivity contribution is -0.141. The molecule has 7 nitrogen and oxygen atoms in total. The number of hydrogen-bond donors (Lipinski definition) is 1. The van der Waals surface area contributed by atoms with Crippen LogP contribution in [0.15, 0.2) is 121 Å². The Labute approximate surface area is 268 Å². The molecule has 46 heavy (non-hydrogen) atoms. The number of amides is 1. The van der Waals surface area contributed by atoms with Crippen LogP contribution in [0.25, 0.3) is 10.8 Å². The number of ether oxygens (including phenoxy) is 2. The molecule has 232 valence electrons. The number of esters is 1. The zero-order chi connectivity index (χ0) is 31.9. The van der Waals surface area contributed by atoms with Crippen molar-refractivity contribution in [2.75, 3.05) is 30.5 Å². The van der Waals surface area contributed by atoms with E-state index < -0.39 is 12.0 Å². The quantitative estimate of drug-likeness (QED) is 0.113. The summed E-state index contributed by atoms with van der Waals surface area (Å²) < 4.78 is 11.2. The predicted molar refractivity (Wildman–Crippen MR) is 180 cm³/mol. The van der Waals surface area contributed by atoms with Gasteiger partial charge < -0.3 is 19.7 Å². The van der Waals surface area contributed by atoms with Gasteiger partial charge >= 0.3 is 5.97 Å². The average molecular weight is 613 g/mol. The van der Waals surface area contributed by atoms with Gasteiger partial charge in [0.1, 0.15) is 18.4 Å². The molecule has 1 unspecified atom stereocenters. The van der Waals surface area contributed by atoms with Gasteiger partial charge in [0, 0.05) is 34.8 Å². The van der Waals surface area contributed by atoms with Crippen LogP contribution < -0.4 is 15.0 Å². The number of nitrogens with zero attached hydrogens (tertiary/aromatic N) is 1. The molecule has 1 N–H and O–H groups in total. The highest BCUT2D eigenvalue weighted by Gasteiger charge is 2.34. The lowest BCUT2D eigenvalue weighted by Crippen LogP contribution is -2.35. The predicted octanol–water partition coefficient (Wildman–Crippen LogP) is 7.09. The van der Waals surface area contributed by atoms with Crippen LogP contribution in [0, 0.1) is 5.92 Å². The van der Waals surface area contributed by atoms with E-state index in [1.807, 2.05) is 77.7 Å². The molecule has 0 heterocycles. The molecule has 0 radical (unpaired) electrons. The fraction of sp³-hybridized carbons (Fsp3) is 0.205. The highest BCUT2D eigenvalue weighted by atomic mass is 16.5. The molecule has 0 spiro atoms. The van der Waals surface area contributed by atoms with Gasteiger partial charge in [0.15, 0.2) is 5.78 Å². The van der Waals surface area contributed by atoms with Gasteiger partial charge in [-0.3, -0.25) is 9.59 Å². The highest BCUT2D eigenvalue weighted by molar-refractivity contribution is 6.12. The summed E-state index contributed by atoms with van der Waals surface area (Å²) >= 11 is 0. The average Bonchev–Trinajstić information content (AvgIpc) is 3.96. The number of hydrogen-bond acceptors (Lipinski definition) is 6. The number of benzene rings is 5. The Balaban J connectivity index is 1.10. The maximum absolute atomic E-state index is 13.2. The van der Waals surface area contributed by atoms with E-state index in [9.17, 15) is 14.4 Å². The lowest BCUT2D eigenvalue weighted by atomic mass is 10.00. The van der Waals surface area contributed by atoms with Gasteiger partial charge in [-0.05, 0) is 65.6 Å². The molecule has 0 aliphatic heterocycles. The van der Waals surface area contributed by atoms with Gasteiger partial charge in [-0.2, -0.15) is 0 Å². The fourth-order valence-corrected chi connectivity index (χ4v) is 5.55. The van der Waals surface area contributed by atoms with Crippen LogP contribution in [0.1, 0.15) is 34.3 Å². The first-order valence-electron chi connectivity index (χ1n) is 15.6. The molecule has 0 bridgehead atoms. The van der Waals surface area contributed by atoms with Crippen LogP contribution >= 0.6 is 0 Å². The van der Waals surface area contributed by atoms with E-state index in [1.54, 1.807) is 30.3 Å². The summed E-state index contributed by atoms with van der Waals surface area (Å²) in [6.07, 6.45) is 2.20. The van der Waals surface area contributed by atoms with Crippen LogP contribution in [0.4, 0.5) is 11.4 Å². The van der Waals surface area contributed by atoms with E-state index in [2.05, 4.69) is 23.5 Å². The third-order valence-corrected chi connectivity index (χ3v) is 8.21. The number of methoxy groups -OCH3 is 1. The van der Waals surface area contributed by atoms with Gasteiger partial charge in [-0.15, -0.1) is 0 Å². The minimum absolute atomic E-state index is 0.0885. The number of carbonyl (C=O) groups is 3. The monoisotopic (exact) mass is 612 g/mol. The molecule has 5 aromatic rings. The second kappa shape index (κ2) is 14.1. The maximum atomic E-state index is 13.2. The summed E-state index contributed by atoms with van der Waals surface area (Å²) in [6, 6.07) is 37.3. The topological polar surface area (TPSA) is 84.9 Å². The van der Waals surface area contributed by atoms with Gasteiger partial charge in [0.25, 0.3) is 0 Å². The number of para-hydroxylation sites is 1. The second-order valence-corrected chi connectivity index (χ2v) is 11.5. The minimum atomic E-state index is -0.717. The van der Waals surface area contributed by atoms with Gasteiger partial charge in [0.2, 0.25) is 5.91 Å². The molecule has 1 aliphatic rings. The number of anilines is 2. The molecule has 1 amide bonds. The van der Waals surface area contributed by atoms with Crippen molar-refractivity contribution in [2.24, 2.45) is 5.92 Å². The number of carbonyl (C=O) groups excluding carboxylic acids is 3. The third-order valence-electron chi connectivity index (χ3n) is 8.21. The summed E-state index contributed by atoms with van der Waals surface area (Å²) in [5, 5.41) is 5.47. The highest BCUT2D eigenvalue weighted by Crippen LogP contribution is 2.33. The van der Waals surface area contributed by atoms with Crippen molar-refractivity contribution in [1.29, 1.82) is 0 Å². The van der Waals surface area contributed by atoms with Gasteiger partial charge in [0.05, 0.1) is 13.7 Å². The molecule has 0 aromatic heterocycles. The van der Waals surface area contributed by atoms with E-state index in [0.29, 0.717) is 42.1 Å². The molecular weight excluding hydrogens is 576 g/mol. The second-order valence-electron chi connectivity index (χ2n) is 11.5. The van der Waals surface area contributed by atoms with Crippen LogP contribution in [0.5, 0.6) is 5.75 Å². The molecule has 5 aromatic carbocycles. The van der Waals surface area contributed by atoms with E-state index in [-0.39, 0.29) is 17.6 Å². The molecule has 0 saturated heterocycles. The molecule has 6 rings (SSSR count). The molecule has 1 fully saturated rings. The molecule has 1 saturated carbocycles. The molecule has 1 atom stereocenters. The summed E-state index contributed by atoms with van der Waals surface area (Å²) in [5.41, 5.74) is 3.37. The normalized spacial score (nSPS) is 13.1. The van der Waals surface area contributed by atoms with Crippen molar-refractivity contribution in [1.82, 2.24) is 0 Å². The first kappa shape index (κ1) is 30.6. The third kappa shape index (κ3) is 7.26. The van der Waals surface area contributed by atoms with Crippen LogP contribution in [-0.4, -0.2) is 44.0 Å². The van der Waals surface area contributed by atoms with Crippen molar-refractivity contribution in [3.63, 3.8) is 0 Å². The Morgan fingerprint density at radius 1 is 0.804 bits per heavy atom. The zero-order valence-electron chi connectivity index (χ0n) is 25.7. The molecule has 1 aliphatic carbocycles. The standard InChI is InChI=1S/C39H36N2O5/c1-45-39(44)36(40-35-14-8-7-13-34(35)37(42)29-10-3-2-4-11-29)25-27-15-21-33(22-16-27)46-24-23-41(38(43)30-17-18-30)32-20-19-28-9-5-6-12-31(28)26-32/h2-16,19-22,26,30,36,40H,17-18,23-25H2,1H3. The molecule has 7 heteroatoms. The lowest BCUT2D eigenvalue weighted by Gasteiger charge is -2.23. The van der Waals surface area contributed by atoms with Crippen LogP contribution in [0.3, 0.4) is 0 Å². The summed E-state index contributed by atoms with van der Waals surface area (Å²) in [7, 11) is 1.35. The van der Waals surface area contributed by atoms with Crippen LogP contribution in [-0.2, 0) is 20.7 Å². The van der Waals surface area contributed by atoms with Crippen molar-refractivity contribution in [3.05, 3.63) is 138 Å². The first-order valence-corrected chi connectivity index (χ1v) is 15.6. The summed E-state index contributed by atoms with van der Waals surface area (Å²) in [4.78, 5) is 41.1. The van der Waals surface area contributed by atoms with Crippen molar-refractivity contribution in [2.45, 2.75) is 25.3 Å². The zero-order valence-corrected chi connectivity index (χ0v) is 25.7. The largest absolute Gasteiger partial charge is 0.492 e. The Morgan fingerprint density at radius 3 is 2.24 bits per heavy atom. The SMILES string of the molecule is COC(=O)C(Cc1ccc(OCCN(C(=O)C2CC2)c2ccc3ccccc3c2)cc1)Nc1ccccc1C(=O)c1ccccc1. The minimum Gasteiger partial charge on any atom is -0.492 e. The van der Waals surface area contributed by atoms with Crippen molar-refractivity contribution in [3.8, 4) is 5.75 Å². The molecular formula is C39H36N2O5. The van der Waals surface area contributed by atoms with E-state index in [1.165, 1.54) is 7.11 Å². The summed E-state index contributed by atoms with van der Waals surface area (Å²) in [5.74, 6) is 0.332. The Hall–Kier alpha value is -5.43. The van der Waals surface area contributed by atoms with Crippen LogP contribution in [0.2, 0.25) is 0 Å². The van der Waals surface area contributed by atoms with Crippen molar-refractivity contribution >= 4 is 39.8 Å². The number of nitrogens with one attached hydrogen (secondary N) is 1. The smallest absolute Gasteiger partial charge is 0.328 e. The van der Waals surface area contributed by atoms with E-state index >= 15 is 0 Å². The van der Waals surface area contributed by atoms with Gasteiger partial charge in [-0.1, -0.05) is 84.9 Å². The number of ketones is 1. The van der Waals surface area contributed by atoms with Crippen molar-refractivity contribution < 1.29 is 23.9 Å². The number of rotatable bonds is 13. The fourth-order valence-electron chi connectivity index (χ4n) is 5.55. The Kier molecular flexibility index (Phi) is 9.39. The van der Waals surface area contributed by atoms with E-state index in [4.69, 9.17) is 9.47 Å².